The second-order valence-electron chi connectivity index (χ2n) is 5.29. The smallest absolute Gasteiger partial charge is 0.243 e. The second kappa shape index (κ2) is 5.50. The van der Waals surface area contributed by atoms with E-state index in [2.05, 4.69) is 0 Å². The monoisotopic (exact) mass is 302 g/mol. The van der Waals surface area contributed by atoms with E-state index in [1.165, 1.54) is 0 Å². The molecule has 0 amide bonds. The Hall–Kier alpha value is -1.85. The van der Waals surface area contributed by atoms with Crippen LogP contribution in [0.4, 0.5) is 5.69 Å². The average Bonchev–Trinajstić information content (AvgIpc) is 3.31. The Morgan fingerprint density at radius 3 is 2.24 bits per heavy atom. The number of anilines is 1. The van der Waals surface area contributed by atoms with Gasteiger partial charge in [-0.25, -0.2) is 8.42 Å². The number of nitrogens with zero attached hydrogens (tertiary/aromatic N) is 1. The maximum Gasteiger partial charge on any atom is 0.243 e. The van der Waals surface area contributed by atoms with Gasteiger partial charge in [0.2, 0.25) is 10.0 Å². The van der Waals surface area contributed by atoms with E-state index >= 15 is 0 Å². The number of sulfonamides is 1. The normalized spacial score (nSPS) is 15.3. The lowest BCUT2D eigenvalue weighted by Crippen LogP contribution is -2.32. The largest absolute Gasteiger partial charge is 0.398 e. The van der Waals surface area contributed by atoms with Crippen LogP contribution in [0.3, 0.4) is 0 Å². The zero-order valence-corrected chi connectivity index (χ0v) is 12.5. The topological polar surface area (TPSA) is 63.4 Å². The van der Waals surface area contributed by atoms with Crippen LogP contribution in [-0.2, 0) is 16.6 Å². The van der Waals surface area contributed by atoms with Crippen molar-refractivity contribution in [2.24, 2.45) is 0 Å². The average molecular weight is 302 g/mol. The van der Waals surface area contributed by atoms with Gasteiger partial charge in [0.1, 0.15) is 0 Å². The van der Waals surface area contributed by atoms with Crippen molar-refractivity contribution >= 4 is 15.7 Å². The molecule has 0 aromatic heterocycles. The summed E-state index contributed by atoms with van der Waals surface area (Å²) in [6.45, 7) is 0.328. The summed E-state index contributed by atoms with van der Waals surface area (Å²) in [7, 11) is -3.48. The molecule has 21 heavy (non-hydrogen) atoms. The first-order valence-electron chi connectivity index (χ1n) is 6.99. The van der Waals surface area contributed by atoms with Crippen LogP contribution in [0.5, 0.6) is 0 Å². The van der Waals surface area contributed by atoms with E-state index in [1.807, 2.05) is 24.3 Å². The minimum absolute atomic E-state index is 0.0924. The standard InChI is InChI=1S/C16H18N2O2S/c17-16-9-5-4-6-13(16)12-18(14-10-11-14)21(19,20)15-7-2-1-3-8-15/h1-9,14H,10-12,17H2. The summed E-state index contributed by atoms with van der Waals surface area (Å²) in [5, 5.41) is 0. The third-order valence-corrected chi connectivity index (χ3v) is 5.60. The van der Waals surface area contributed by atoms with Crippen LogP contribution in [0.25, 0.3) is 0 Å². The van der Waals surface area contributed by atoms with Crippen LogP contribution >= 0.6 is 0 Å². The fraction of sp³-hybridized carbons (Fsp3) is 0.250. The lowest BCUT2D eigenvalue weighted by atomic mass is 10.2. The molecule has 0 atom stereocenters. The molecule has 0 radical (unpaired) electrons. The second-order valence-corrected chi connectivity index (χ2v) is 7.18. The summed E-state index contributed by atoms with van der Waals surface area (Å²) in [4.78, 5) is 0.339. The fourth-order valence-corrected chi connectivity index (χ4v) is 4.03. The van der Waals surface area contributed by atoms with Gasteiger partial charge in [-0.05, 0) is 36.6 Å². The van der Waals surface area contributed by atoms with Crippen molar-refractivity contribution in [3.63, 3.8) is 0 Å². The Morgan fingerprint density at radius 2 is 1.62 bits per heavy atom. The van der Waals surface area contributed by atoms with Crippen molar-refractivity contribution in [1.82, 2.24) is 4.31 Å². The molecule has 0 aliphatic heterocycles. The van der Waals surface area contributed by atoms with E-state index in [0.717, 1.165) is 18.4 Å². The van der Waals surface area contributed by atoms with Gasteiger partial charge in [-0.3, -0.25) is 0 Å². The highest BCUT2D eigenvalue weighted by Gasteiger charge is 2.38. The summed E-state index contributed by atoms with van der Waals surface area (Å²) in [6.07, 6.45) is 1.83. The summed E-state index contributed by atoms with van der Waals surface area (Å²) < 4.78 is 27.2. The summed E-state index contributed by atoms with van der Waals surface area (Å²) in [6, 6.07) is 16.1. The van der Waals surface area contributed by atoms with Crippen molar-refractivity contribution < 1.29 is 8.42 Å². The van der Waals surface area contributed by atoms with Gasteiger partial charge in [0, 0.05) is 18.3 Å². The molecule has 110 valence electrons. The molecule has 2 N–H and O–H groups in total. The highest BCUT2D eigenvalue weighted by atomic mass is 32.2. The Balaban J connectivity index is 1.94. The summed E-state index contributed by atoms with van der Waals surface area (Å²) in [5.74, 6) is 0. The van der Waals surface area contributed by atoms with Crippen molar-refractivity contribution in [2.45, 2.75) is 30.3 Å². The number of nitrogens with two attached hydrogens (primary N) is 1. The number of hydrogen-bond donors (Lipinski definition) is 1. The highest BCUT2D eigenvalue weighted by Crippen LogP contribution is 2.34. The Labute approximate surface area is 125 Å². The van der Waals surface area contributed by atoms with Gasteiger partial charge in [0.05, 0.1) is 4.90 Å². The van der Waals surface area contributed by atoms with Crippen LogP contribution in [-0.4, -0.2) is 18.8 Å². The van der Waals surface area contributed by atoms with Crippen molar-refractivity contribution in [1.29, 1.82) is 0 Å². The van der Waals surface area contributed by atoms with Gasteiger partial charge in [-0.15, -0.1) is 0 Å². The molecule has 0 heterocycles. The lowest BCUT2D eigenvalue weighted by molar-refractivity contribution is 0.399. The molecule has 5 heteroatoms. The third-order valence-electron chi connectivity index (χ3n) is 3.69. The third kappa shape index (κ3) is 2.94. The highest BCUT2D eigenvalue weighted by molar-refractivity contribution is 7.89. The molecule has 1 aliphatic carbocycles. The number of nitrogen functional groups attached to an aromatic ring is 1. The van der Waals surface area contributed by atoms with Gasteiger partial charge in [0.25, 0.3) is 0 Å². The molecule has 2 aromatic carbocycles. The fourth-order valence-electron chi connectivity index (χ4n) is 2.35. The Bertz CT molecular complexity index is 725. The van der Waals surface area contributed by atoms with Crippen LogP contribution in [0.1, 0.15) is 18.4 Å². The minimum Gasteiger partial charge on any atom is -0.398 e. The predicted molar refractivity (Wildman–Crippen MR) is 83.0 cm³/mol. The van der Waals surface area contributed by atoms with E-state index in [9.17, 15) is 8.42 Å². The van der Waals surface area contributed by atoms with Gasteiger partial charge in [0.15, 0.2) is 0 Å². The maximum absolute atomic E-state index is 12.8. The molecule has 1 aliphatic rings. The van der Waals surface area contributed by atoms with Crippen molar-refractivity contribution in [3.8, 4) is 0 Å². The maximum atomic E-state index is 12.8. The van der Waals surface area contributed by atoms with Crippen molar-refractivity contribution in [3.05, 3.63) is 60.2 Å². The molecule has 0 spiro atoms. The molecule has 0 unspecified atom stereocenters. The zero-order valence-electron chi connectivity index (χ0n) is 11.6. The molecule has 4 nitrogen and oxygen atoms in total. The lowest BCUT2D eigenvalue weighted by Gasteiger charge is -2.22. The number of hydrogen-bond acceptors (Lipinski definition) is 3. The predicted octanol–water partition coefficient (Wildman–Crippen LogP) is 2.62. The van der Waals surface area contributed by atoms with E-state index in [4.69, 9.17) is 5.73 Å². The van der Waals surface area contributed by atoms with E-state index < -0.39 is 10.0 Å². The minimum atomic E-state index is -3.48. The summed E-state index contributed by atoms with van der Waals surface area (Å²) >= 11 is 0. The first-order valence-corrected chi connectivity index (χ1v) is 8.43. The molecule has 2 aromatic rings. The molecule has 0 saturated heterocycles. The number of para-hydroxylation sites is 1. The van der Waals surface area contributed by atoms with Crippen LogP contribution in [0.15, 0.2) is 59.5 Å². The molecule has 1 saturated carbocycles. The first-order chi connectivity index (χ1) is 10.1. The zero-order chi connectivity index (χ0) is 14.9. The van der Waals surface area contributed by atoms with Gasteiger partial charge in [-0.2, -0.15) is 4.31 Å². The molecule has 1 fully saturated rings. The van der Waals surface area contributed by atoms with E-state index in [0.29, 0.717) is 17.1 Å². The summed E-state index contributed by atoms with van der Waals surface area (Å²) in [5.41, 5.74) is 7.43. The van der Waals surface area contributed by atoms with E-state index in [1.54, 1.807) is 34.6 Å². The molecule has 0 bridgehead atoms. The van der Waals surface area contributed by atoms with Crippen LogP contribution in [0.2, 0.25) is 0 Å². The van der Waals surface area contributed by atoms with E-state index in [-0.39, 0.29) is 6.04 Å². The van der Waals surface area contributed by atoms with Gasteiger partial charge in [-0.1, -0.05) is 36.4 Å². The molecular formula is C16H18N2O2S. The first kappa shape index (κ1) is 14.1. The van der Waals surface area contributed by atoms with Gasteiger partial charge < -0.3 is 5.73 Å². The molecular weight excluding hydrogens is 284 g/mol. The quantitative estimate of drug-likeness (QED) is 0.864. The van der Waals surface area contributed by atoms with Crippen LogP contribution < -0.4 is 5.73 Å². The Kier molecular flexibility index (Phi) is 3.69. The molecule has 3 rings (SSSR count). The number of rotatable bonds is 5. The SMILES string of the molecule is Nc1ccccc1CN(C1CC1)S(=O)(=O)c1ccccc1. The number of benzene rings is 2. The Morgan fingerprint density at radius 1 is 1.00 bits per heavy atom. The van der Waals surface area contributed by atoms with Crippen LogP contribution in [0, 0.1) is 0 Å². The van der Waals surface area contributed by atoms with Crippen molar-refractivity contribution in [2.75, 3.05) is 5.73 Å². The van der Waals surface area contributed by atoms with Gasteiger partial charge >= 0.3 is 0 Å².